The van der Waals surface area contributed by atoms with Gasteiger partial charge in [0, 0.05) is 0 Å². The van der Waals surface area contributed by atoms with Crippen molar-refractivity contribution in [3.8, 4) is 0 Å². The minimum absolute atomic E-state index is 0. The fourth-order valence-electron chi connectivity index (χ4n) is 0. The molecule has 61 heteroatoms. The summed E-state index contributed by atoms with van der Waals surface area (Å²) < 4.78 is 107. The topological polar surface area (TPSA) is 933 Å². The molecule has 0 aromatic rings. The van der Waals surface area contributed by atoms with Crippen LogP contribution in [-0.4, -0.2) is 206 Å². The second-order valence-electron chi connectivity index (χ2n) is 6.16. The number of hydrogen-bond acceptors (Lipinski definition) is 12. The summed E-state index contributed by atoms with van der Waals surface area (Å²) in [6, 6.07) is 0. The van der Waals surface area contributed by atoms with Gasteiger partial charge in [-0.15, -0.1) is 0 Å². The summed E-state index contributed by atoms with van der Waals surface area (Å²) in [6.07, 6.45) is 0. The Morgan fingerprint density at radius 3 is 0.115 bits per heavy atom. The Kier molecular flexibility index (Phi) is 67.5. The van der Waals surface area contributed by atoms with Crippen LogP contribution < -0.4 is 0 Å². The van der Waals surface area contributed by atoms with Crippen molar-refractivity contribution in [2.75, 3.05) is 0 Å². The van der Waals surface area contributed by atoms with Crippen LogP contribution in [-0.2, 0) is 54.8 Å². The molecule has 0 radical (unpaired) electrons. The maximum absolute atomic E-state index is 8.88. The first kappa shape index (κ1) is 97.1. The van der Waals surface area contributed by atoms with Gasteiger partial charge in [0.15, 0.2) is 0 Å². The molecule has 0 aliphatic heterocycles. The van der Waals surface area contributed by atoms with Gasteiger partial charge in [0.05, 0.1) is 0 Å². The molecule has 36 N–H and O–H groups in total. The summed E-state index contributed by atoms with van der Waals surface area (Å²) in [7, 11) is -55.7. The van der Waals surface area contributed by atoms with E-state index in [1.165, 1.54) is 0 Å². The van der Waals surface area contributed by atoms with Crippen LogP contribution >= 0.6 is 93.9 Å². The second kappa shape index (κ2) is 42.4. The quantitative estimate of drug-likeness (QED) is 0.0791. The summed E-state index contributed by atoms with van der Waals surface area (Å²) in [6.45, 7) is 0. The zero-order chi connectivity index (χ0) is 54.0. The van der Waals surface area contributed by atoms with E-state index in [0.717, 1.165) is 0 Å². The van der Waals surface area contributed by atoms with Crippen molar-refractivity contribution in [2.24, 2.45) is 0 Å². The van der Waals surface area contributed by atoms with Crippen LogP contribution in [0.1, 0.15) is 0 Å². The van der Waals surface area contributed by atoms with Crippen LogP contribution in [0.3, 0.4) is 0 Å². The van der Waals surface area contributed by atoms with E-state index in [1.807, 2.05) is 0 Å². The van der Waals surface area contributed by atoms with Crippen molar-refractivity contribution in [3.05, 3.63) is 0 Å². The van der Waals surface area contributed by atoms with Gasteiger partial charge in [-0.2, -0.15) is 0 Å². The molecule has 0 saturated carbocycles. The average molecular weight is 1200 g/mol. The summed E-state index contributed by atoms with van der Waals surface area (Å²) >= 11 is 0. The molecule has 0 bridgehead atoms. The summed E-state index contributed by atoms with van der Waals surface area (Å²) in [5.41, 5.74) is 0. The molecule has 0 aromatic carbocycles. The third-order valence-corrected chi connectivity index (χ3v) is 0. The van der Waals surface area contributed by atoms with E-state index in [0.29, 0.717) is 0 Å². The fraction of sp³-hybridized carbons (Fsp3) is 0. The van der Waals surface area contributed by atoms with Gasteiger partial charge in [0.1, 0.15) is 0 Å². The summed E-state index contributed by atoms with van der Waals surface area (Å²) in [5.74, 6) is 0. The van der Waals surface area contributed by atoms with E-state index in [9.17, 15) is 0 Å². The first-order valence-electron chi connectivity index (χ1n) is 9.39. The number of hydrogen-bond donors (Lipinski definition) is 36. The Labute approximate surface area is 353 Å². The van der Waals surface area contributed by atoms with Gasteiger partial charge in [-0.1, -0.05) is 0 Å². The van der Waals surface area contributed by atoms with Crippen LogP contribution in [0.15, 0.2) is 0 Å². The molecule has 0 heterocycles. The van der Waals surface area contributed by atoms with Gasteiger partial charge in [-0.05, 0) is 0 Å². The zero-order valence-electron chi connectivity index (χ0n) is 26.4. The monoisotopic (exact) mass is 1200 g/mol. The molecule has 0 atom stereocenters. The second-order valence-corrected chi connectivity index (χ2v) is 18.5. The molecule has 0 amide bonds. The van der Waals surface area contributed by atoms with Crippen molar-refractivity contribution in [3.63, 3.8) is 0 Å². The third kappa shape index (κ3) is 42100. The molecule has 0 fully saturated rings. The Balaban J connectivity index is -0.0000000374. The molecule has 0 aliphatic rings. The van der Waals surface area contributed by atoms with Gasteiger partial charge >= 0.3 is 123 Å². The SMILES string of the molecule is O=P(O)(O)O.O=P(O)(O)O.O=P(O)(O)O.O=P(O)(O)O.O=P(O)(O)O.O=P(O)(O)O.O=P(O)(O)O.O=P(O)(O)O.O=P(O)(O)O.O=P(O)(O)O.O=P(O)(O)O.O=P(O)(O)O.[NaH]. The van der Waals surface area contributed by atoms with Gasteiger partial charge in [0.25, 0.3) is 0 Å². The number of rotatable bonds is 0. The molecule has 0 aliphatic carbocycles. The standard InChI is InChI=1S/Na.12H3O4P.H/c;12*1-5(2,3)4;/h;12*(H3,1,2,3,4);. The Hall–Kier alpha value is 2.32. The van der Waals surface area contributed by atoms with Gasteiger partial charge in [-0.25, -0.2) is 54.8 Å². The Bertz CT molecular complexity index is 1030. The van der Waals surface area contributed by atoms with E-state index in [1.54, 1.807) is 0 Å². The van der Waals surface area contributed by atoms with Crippen LogP contribution in [0.2, 0.25) is 0 Å². The molecule has 0 saturated heterocycles. The predicted molar refractivity (Wildman–Crippen MR) is 178 cm³/mol. The molecular formula is H37NaO48P12. The molecule has 61 heavy (non-hydrogen) atoms. The van der Waals surface area contributed by atoms with Crippen molar-refractivity contribution >= 4 is 123 Å². The summed E-state index contributed by atoms with van der Waals surface area (Å²) in [5, 5.41) is 0. The van der Waals surface area contributed by atoms with Gasteiger partial charge in [-0.3, -0.25) is 0 Å². The Morgan fingerprint density at radius 1 is 0.115 bits per heavy atom. The normalized spacial score (nSPS) is 11.6. The van der Waals surface area contributed by atoms with Crippen molar-refractivity contribution < 1.29 is 231 Å². The van der Waals surface area contributed by atoms with Crippen LogP contribution in [0, 0.1) is 0 Å². The summed E-state index contributed by atoms with van der Waals surface area (Å²) in [4.78, 5) is 259. The van der Waals surface area contributed by atoms with E-state index in [-0.39, 0.29) is 29.6 Å². The van der Waals surface area contributed by atoms with Crippen molar-refractivity contribution in [1.29, 1.82) is 0 Å². The van der Waals surface area contributed by atoms with E-state index >= 15 is 0 Å². The van der Waals surface area contributed by atoms with E-state index < -0.39 is 93.9 Å². The first-order valence-corrected chi connectivity index (χ1v) is 28.2. The average Bonchev–Trinajstić information content (AvgIpc) is 2.48. The van der Waals surface area contributed by atoms with Crippen molar-refractivity contribution in [1.82, 2.24) is 0 Å². The molecule has 0 unspecified atom stereocenters. The molecular weight excluding hydrogens is 1160 g/mol. The Morgan fingerprint density at radius 2 is 0.115 bits per heavy atom. The fourth-order valence-corrected chi connectivity index (χ4v) is 0. The van der Waals surface area contributed by atoms with E-state index in [2.05, 4.69) is 0 Å². The third-order valence-electron chi connectivity index (χ3n) is 0. The molecule has 386 valence electrons. The van der Waals surface area contributed by atoms with Crippen LogP contribution in [0.5, 0.6) is 0 Å². The minimum atomic E-state index is -4.64. The molecule has 0 rings (SSSR count). The molecule has 0 spiro atoms. The van der Waals surface area contributed by atoms with Crippen molar-refractivity contribution in [2.45, 2.75) is 0 Å². The predicted octanol–water partition coefficient (Wildman–Crippen LogP) is -11.8. The van der Waals surface area contributed by atoms with E-state index in [4.69, 9.17) is 231 Å². The first-order chi connectivity index (χ1) is 24.0. The number of phosphoric acid groups is 12. The van der Waals surface area contributed by atoms with Crippen LogP contribution in [0.4, 0.5) is 0 Å². The van der Waals surface area contributed by atoms with Gasteiger partial charge < -0.3 is 176 Å². The van der Waals surface area contributed by atoms with Crippen LogP contribution in [0.25, 0.3) is 0 Å². The molecule has 48 nitrogen and oxygen atoms in total. The zero-order valence-corrected chi connectivity index (χ0v) is 37.1. The van der Waals surface area contributed by atoms with Gasteiger partial charge in [0.2, 0.25) is 0 Å². The molecule has 0 aromatic heterocycles. The maximum atomic E-state index is 8.88.